The molecule has 0 unspecified atom stereocenters. The van der Waals surface area contributed by atoms with Crippen molar-refractivity contribution in [2.75, 3.05) is 13.2 Å². The molecule has 0 atom stereocenters. The van der Waals surface area contributed by atoms with E-state index in [9.17, 15) is 0 Å². The SMILES string of the molecule is Clc1ccc(COCCNCc2ccccc2)cc1. The lowest BCUT2D eigenvalue weighted by Gasteiger charge is -2.06. The lowest BCUT2D eigenvalue weighted by Crippen LogP contribution is -2.19. The van der Waals surface area contributed by atoms with Gasteiger partial charge < -0.3 is 10.1 Å². The number of rotatable bonds is 7. The third kappa shape index (κ3) is 5.43. The van der Waals surface area contributed by atoms with E-state index in [0.29, 0.717) is 13.2 Å². The average Bonchev–Trinajstić information content (AvgIpc) is 2.46. The van der Waals surface area contributed by atoms with Crippen molar-refractivity contribution in [1.29, 1.82) is 0 Å². The van der Waals surface area contributed by atoms with Crippen molar-refractivity contribution in [3.8, 4) is 0 Å². The summed E-state index contributed by atoms with van der Waals surface area (Å²) in [5.74, 6) is 0. The molecule has 0 saturated heterocycles. The van der Waals surface area contributed by atoms with Crippen molar-refractivity contribution in [2.24, 2.45) is 0 Å². The molecule has 0 aliphatic rings. The lowest BCUT2D eigenvalue weighted by molar-refractivity contribution is 0.122. The van der Waals surface area contributed by atoms with Gasteiger partial charge in [0.2, 0.25) is 0 Å². The fourth-order valence-corrected chi connectivity index (χ4v) is 1.87. The molecule has 0 aliphatic carbocycles. The predicted molar refractivity (Wildman–Crippen MR) is 79.3 cm³/mol. The van der Waals surface area contributed by atoms with Crippen LogP contribution in [0.1, 0.15) is 11.1 Å². The van der Waals surface area contributed by atoms with E-state index < -0.39 is 0 Å². The summed E-state index contributed by atoms with van der Waals surface area (Å²) in [6.07, 6.45) is 0. The Bertz CT molecular complexity index is 470. The minimum absolute atomic E-state index is 0.629. The molecule has 0 bridgehead atoms. The van der Waals surface area contributed by atoms with Gasteiger partial charge in [0, 0.05) is 18.1 Å². The topological polar surface area (TPSA) is 21.3 Å². The van der Waals surface area contributed by atoms with Gasteiger partial charge in [-0.1, -0.05) is 54.1 Å². The molecule has 2 nitrogen and oxygen atoms in total. The average molecular weight is 276 g/mol. The van der Waals surface area contributed by atoms with E-state index >= 15 is 0 Å². The lowest BCUT2D eigenvalue weighted by atomic mass is 10.2. The Morgan fingerprint density at radius 3 is 2.37 bits per heavy atom. The van der Waals surface area contributed by atoms with Crippen molar-refractivity contribution in [3.63, 3.8) is 0 Å². The van der Waals surface area contributed by atoms with Crippen molar-refractivity contribution in [1.82, 2.24) is 5.32 Å². The fraction of sp³-hybridized carbons (Fsp3) is 0.250. The Kier molecular flexibility index (Phi) is 5.89. The third-order valence-electron chi connectivity index (χ3n) is 2.78. The van der Waals surface area contributed by atoms with Gasteiger partial charge in [-0.05, 0) is 23.3 Å². The standard InChI is InChI=1S/C16H18ClNO/c17-16-8-6-15(7-9-16)13-19-11-10-18-12-14-4-2-1-3-5-14/h1-9,18H,10-13H2. The van der Waals surface area contributed by atoms with Gasteiger partial charge in [-0.3, -0.25) is 0 Å². The molecule has 0 aliphatic heterocycles. The second-order valence-corrected chi connectivity index (χ2v) is 4.78. The van der Waals surface area contributed by atoms with E-state index in [0.717, 1.165) is 23.7 Å². The van der Waals surface area contributed by atoms with Crippen LogP contribution in [0.15, 0.2) is 54.6 Å². The molecule has 19 heavy (non-hydrogen) atoms. The van der Waals surface area contributed by atoms with E-state index in [4.69, 9.17) is 16.3 Å². The molecule has 3 heteroatoms. The third-order valence-corrected chi connectivity index (χ3v) is 3.03. The summed E-state index contributed by atoms with van der Waals surface area (Å²) in [6.45, 7) is 3.06. The molecule has 2 aromatic carbocycles. The minimum Gasteiger partial charge on any atom is -0.375 e. The molecule has 0 saturated carbocycles. The highest BCUT2D eigenvalue weighted by Crippen LogP contribution is 2.09. The first-order chi connectivity index (χ1) is 9.34. The molecule has 100 valence electrons. The zero-order valence-corrected chi connectivity index (χ0v) is 11.6. The molecule has 0 heterocycles. The van der Waals surface area contributed by atoms with Gasteiger partial charge >= 0.3 is 0 Å². The van der Waals surface area contributed by atoms with Crippen LogP contribution in [-0.2, 0) is 17.9 Å². The van der Waals surface area contributed by atoms with Gasteiger partial charge in [-0.2, -0.15) is 0 Å². The van der Waals surface area contributed by atoms with Crippen LogP contribution in [0.5, 0.6) is 0 Å². The summed E-state index contributed by atoms with van der Waals surface area (Å²) in [4.78, 5) is 0. The van der Waals surface area contributed by atoms with Gasteiger partial charge in [0.05, 0.1) is 13.2 Å². The van der Waals surface area contributed by atoms with Crippen LogP contribution in [0, 0.1) is 0 Å². The fourth-order valence-electron chi connectivity index (χ4n) is 1.74. The molecular weight excluding hydrogens is 258 g/mol. The van der Waals surface area contributed by atoms with Crippen LogP contribution in [-0.4, -0.2) is 13.2 Å². The number of benzene rings is 2. The molecule has 0 spiro atoms. The predicted octanol–water partition coefficient (Wildman–Crippen LogP) is 3.65. The molecule has 0 radical (unpaired) electrons. The van der Waals surface area contributed by atoms with Crippen LogP contribution in [0.3, 0.4) is 0 Å². The van der Waals surface area contributed by atoms with Crippen molar-refractivity contribution in [3.05, 3.63) is 70.7 Å². The Balaban J connectivity index is 1.56. The molecule has 2 aromatic rings. The van der Waals surface area contributed by atoms with Crippen LogP contribution in [0.25, 0.3) is 0 Å². The Morgan fingerprint density at radius 2 is 1.63 bits per heavy atom. The van der Waals surface area contributed by atoms with Gasteiger partial charge in [-0.25, -0.2) is 0 Å². The Labute approximate surface area is 119 Å². The molecule has 1 N–H and O–H groups in total. The number of hydrogen-bond acceptors (Lipinski definition) is 2. The molecule has 0 amide bonds. The number of ether oxygens (including phenoxy) is 1. The minimum atomic E-state index is 0.629. The maximum atomic E-state index is 5.82. The van der Waals surface area contributed by atoms with E-state index in [2.05, 4.69) is 17.4 Å². The van der Waals surface area contributed by atoms with Gasteiger partial charge in [0.1, 0.15) is 0 Å². The van der Waals surface area contributed by atoms with E-state index in [1.54, 1.807) is 0 Å². The molecular formula is C16H18ClNO. The Hall–Kier alpha value is -1.35. The smallest absolute Gasteiger partial charge is 0.0717 e. The molecule has 0 fully saturated rings. The van der Waals surface area contributed by atoms with Crippen molar-refractivity contribution >= 4 is 11.6 Å². The van der Waals surface area contributed by atoms with Crippen molar-refractivity contribution < 1.29 is 4.74 Å². The highest BCUT2D eigenvalue weighted by atomic mass is 35.5. The van der Waals surface area contributed by atoms with Crippen LogP contribution in [0.4, 0.5) is 0 Å². The second-order valence-electron chi connectivity index (χ2n) is 4.34. The summed E-state index contributed by atoms with van der Waals surface area (Å²) in [6, 6.07) is 18.1. The maximum Gasteiger partial charge on any atom is 0.0717 e. The first kappa shape index (κ1) is 14.1. The zero-order valence-electron chi connectivity index (χ0n) is 10.8. The summed E-state index contributed by atoms with van der Waals surface area (Å²) in [5.41, 5.74) is 2.44. The second kappa shape index (κ2) is 7.95. The highest BCUT2D eigenvalue weighted by Gasteiger charge is 1.94. The summed E-state index contributed by atoms with van der Waals surface area (Å²) in [5, 5.41) is 4.11. The highest BCUT2D eigenvalue weighted by molar-refractivity contribution is 6.30. The van der Waals surface area contributed by atoms with Crippen LogP contribution in [0.2, 0.25) is 5.02 Å². The monoisotopic (exact) mass is 275 g/mol. The largest absolute Gasteiger partial charge is 0.375 e. The van der Waals surface area contributed by atoms with Gasteiger partial charge in [0.25, 0.3) is 0 Å². The van der Waals surface area contributed by atoms with E-state index in [1.165, 1.54) is 5.56 Å². The van der Waals surface area contributed by atoms with Gasteiger partial charge in [0.15, 0.2) is 0 Å². The summed E-state index contributed by atoms with van der Waals surface area (Å²) in [7, 11) is 0. The normalized spacial score (nSPS) is 10.6. The van der Waals surface area contributed by atoms with Crippen molar-refractivity contribution in [2.45, 2.75) is 13.2 Å². The van der Waals surface area contributed by atoms with Gasteiger partial charge in [-0.15, -0.1) is 0 Å². The van der Waals surface area contributed by atoms with E-state index in [1.807, 2.05) is 42.5 Å². The Morgan fingerprint density at radius 1 is 0.895 bits per heavy atom. The summed E-state index contributed by atoms with van der Waals surface area (Å²) >= 11 is 5.82. The van der Waals surface area contributed by atoms with E-state index in [-0.39, 0.29) is 0 Å². The van der Waals surface area contributed by atoms with Crippen LogP contribution >= 0.6 is 11.6 Å². The first-order valence-electron chi connectivity index (χ1n) is 6.41. The molecule has 2 rings (SSSR count). The number of halogens is 1. The number of nitrogens with one attached hydrogen (secondary N) is 1. The zero-order chi connectivity index (χ0) is 13.3. The quantitative estimate of drug-likeness (QED) is 0.779. The molecule has 0 aromatic heterocycles. The van der Waals surface area contributed by atoms with Crippen LogP contribution < -0.4 is 5.32 Å². The summed E-state index contributed by atoms with van der Waals surface area (Å²) < 4.78 is 5.59. The first-order valence-corrected chi connectivity index (χ1v) is 6.79. The maximum absolute atomic E-state index is 5.82. The number of hydrogen-bond donors (Lipinski definition) is 1.